The van der Waals surface area contributed by atoms with Gasteiger partial charge in [-0.15, -0.1) is 11.3 Å². The molecule has 0 aliphatic carbocycles. The van der Waals surface area contributed by atoms with Crippen LogP contribution < -0.4 is 20.1 Å². The van der Waals surface area contributed by atoms with Gasteiger partial charge in [-0.1, -0.05) is 0 Å². The van der Waals surface area contributed by atoms with Gasteiger partial charge in [0, 0.05) is 49.3 Å². The highest BCUT2D eigenvalue weighted by Crippen LogP contribution is 2.24. The van der Waals surface area contributed by atoms with Crippen LogP contribution in [0.5, 0.6) is 11.5 Å². The van der Waals surface area contributed by atoms with E-state index >= 15 is 0 Å². The van der Waals surface area contributed by atoms with Gasteiger partial charge in [0.1, 0.15) is 11.5 Å². The Balaban J connectivity index is 1.78. The molecule has 0 aliphatic rings. The normalized spacial score (nSPS) is 11.3. The van der Waals surface area contributed by atoms with Crippen LogP contribution in [0.15, 0.2) is 28.6 Å². The molecule has 0 saturated heterocycles. The summed E-state index contributed by atoms with van der Waals surface area (Å²) >= 11 is 1.72. The summed E-state index contributed by atoms with van der Waals surface area (Å²) in [5.41, 5.74) is 2.14. The SMILES string of the molecule is CN=C(NCCCc1nc(C)cs1)NCc1ccc(OC)cc1OC. The highest BCUT2D eigenvalue weighted by molar-refractivity contribution is 7.09. The Labute approximate surface area is 153 Å². The Morgan fingerprint density at radius 2 is 2.08 bits per heavy atom. The maximum atomic E-state index is 5.42. The smallest absolute Gasteiger partial charge is 0.191 e. The van der Waals surface area contributed by atoms with Crippen LogP contribution in [0.4, 0.5) is 0 Å². The van der Waals surface area contributed by atoms with E-state index in [1.165, 1.54) is 5.01 Å². The maximum Gasteiger partial charge on any atom is 0.191 e. The topological polar surface area (TPSA) is 67.8 Å². The van der Waals surface area contributed by atoms with Crippen molar-refractivity contribution in [3.8, 4) is 11.5 Å². The molecule has 0 aliphatic heterocycles. The van der Waals surface area contributed by atoms with E-state index in [4.69, 9.17) is 9.47 Å². The summed E-state index contributed by atoms with van der Waals surface area (Å²) in [6.07, 6.45) is 1.99. The Hall–Kier alpha value is -2.28. The minimum Gasteiger partial charge on any atom is -0.497 e. The predicted octanol–water partition coefficient (Wildman–Crippen LogP) is 2.77. The summed E-state index contributed by atoms with van der Waals surface area (Å²) in [6.45, 7) is 3.49. The van der Waals surface area contributed by atoms with Crippen molar-refractivity contribution in [3.05, 3.63) is 39.8 Å². The van der Waals surface area contributed by atoms with Gasteiger partial charge in [0.25, 0.3) is 0 Å². The highest BCUT2D eigenvalue weighted by Gasteiger charge is 2.06. The molecule has 2 aromatic rings. The number of methoxy groups -OCH3 is 2. The molecule has 0 saturated carbocycles. The second kappa shape index (κ2) is 9.88. The molecule has 2 rings (SSSR count). The van der Waals surface area contributed by atoms with Gasteiger partial charge >= 0.3 is 0 Å². The van der Waals surface area contributed by atoms with Crippen LogP contribution in [0.3, 0.4) is 0 Å². The largest absolute Gasteiger partial charge is 0.497 e. The second-order valence-corrected chi connectivity index (χ2v) is 6.46. The molecule has 2 N–H and O–H groups in total. The molecule has 0 bridgehead atoms. The lowest BCUT2D eigenvalue weighted by Crippen LogP contribution is -2.37. The molecule has 1 aromatic carbocycles. The monoisotopic (exact) mass is 362 g/mol. The third kappa shape index (κ3) is 5.94. The van der Waals surface area contributed by atoms with Crippen LogP contribution in [-0.2, 0) is 13.0 Å². The lowest BCUT2D eigenvalue weighted by atomic mass is 10.2. The molecule has 0 amide bonds. The number of nitrogens with one attached hydrogen (secondary N) is 2. The molecule has 25 heavy (non-hydrogen) atoms. The first kappa shape index (κ1) is 19.1. The number of aliphatic imine (C=N–C) groups is 1. The number of nitrogens with zero attached hydrogens (tertiary/aromatic N) is 2. The van der Waals surface area contributed by atoms with Gasteiger partial charge in [0.05, 0.1) is 19.2 Å². The maximum absolute atomic E-state index is 5.42. The van der Waals surface area contributed by atoms with Crippen LogP contribution in [-0.4, -0.2) is 38.8 Å². The fourth-order valence-electron chi connectivity index (χ4n) is 2.36. The number of aromatic nitrogens is 1. The molecule has 7 heteroatoms. The number of guanidine groups is 1. The van der Waals surface area contributed by atoms with Gasteiger partial charge in [-0.05, 0) is 25.5 Å². The predicted molar refractivity (Wildman–Crippen MR) is 103 cm³/mol. The van der Waals surface area contributed by atoms with Gasteiger partial charge in [-0.2, -0.15) is 0 Å². The summed E-state index contributed by atoms with van der Waals surface area (Å²) in [4.78, 5) is 8.73. The number of ether oxygens (including phenoxy) is 2. The van der Waals surface area contributed by atoms with Crippen molar-refractivity contribution in [2.45, 2.75) is 26.3 Å². The van der Waals surface area contributed by atoms with E-state index in [-0.39, 0.29) is 0 Å². The van der Waals surface area contributed by atoms with Gasteiger partial charge in [0.15, 0.2) is 5.96 Å². The lowest BCUT2D eigenvalue weighted by Gasteiger charge is -2.14. The molecule has 1 heterocycles. The zero-order valence-corrected chi connectivity index (χ0v) is 16.1. The fourth-order valence-corrected chi connectivity index (χ4v) is 3.18. The van der Waals surface area contributed by atoms with Crippen molar-refractivity contribution in [2.24, 2.45) is 4.99 Å². The van der Waals surface area contributed by atoms with Gasteiger partial charge in [-0.3, -0.25) is 4.99 Å². The molecule has 6 nitrogen and oxygen atoms in total. The average Bonchev–Trinajstić information content (AvgIpc) is 3.06. The molecule has 1 aromatic heterocycles. The zero-order chi connectivity index (χ0) is 18.1. The van der Waals surface area contributed by atoms with E-state index in [1.807, 2.05) is 25.1 Å². The minimum absolute atomic E-state index is 0.624. The van der Waals surface area contributed by atoms with E-state index < -0.39 is 0 Å². The van der Waals surface area contributed by atoms with Crippen LogP contribution in [0.2, 0.25) is 0 Å². The molecule has 0 atom stereocenters. The van der Waals surface area contributed by atoms with E-state index in [2.05, 4.69) is 26.0 Å². The molecule has 0 fully saturated rings. The van der Waals surface area contributed by atoms with Gasteiger partial charge in [0.2, 0.25) is 0 Å². The molecular formula is C18H26N4O2S. The number of benzene rings is 1. The Bertz CT molecular complexity index is 700. The van der Waals surface area contributed by atoms with E-state index in [1.54, 1.807) is 32.6 Å². The second-order valence-electron chi connectivity index (χ2n) is 5.52. The number of hydrogen-bond acceptors (Lipinski definition) is 5. The van der Waals surface area contributed by atoms with E-state index in [0.29, 0.717) is 6.54 Å². The summed E-state index contributed by atoms with van der Waals surface area (Å²) in [5, 5.41) is 9.91. The molecule has 0 radical (unpaired) electrons. The summed E-state index contributed by atoms with van der Waals surface area (Å²) in [5.74, 6) is 2.34. The van der Waals surface area contributed by atoms with Crippen molar-refractivity contribution in [3.63, 3.8) is 0 Å². The van der Waals surface area contributed by atoms with Crippen LogP contribution in [0, 0.1) is 6.92 Å². The number of thiazole rings is 1. The van der Waals surface area contributed by atoms with E-state index in [9.17, 15) is 0 Å². The van der Waals surface area contributed by atoms with E-state index in [0.717, 1.165) is 48.1 Å². The van der Waals surface area contributed by atoms with Crippen molar-refractivity contribution in [2.75, 3.05) is 27.8 Å². The standard InChI is InChI=1S/C18H26N4O2S/c1-13-12-25-17(22-13)6-5-9-20-18(19-2)21-11-14-7-8-15(23-3)10-16(14)24-4/h7-8,10,12H,5-6,9,11H2,1-4H3,(H2,19,20,21). The summed E-state index contributed by atoms with van der Waals surface area (Å²) < 4.78 is 10.6. The van der Waals surface area contributed by atoms with Crippen molar-refractivity contribution in [1.29, 1.82) is 0 Å². The third-order valence-electron chi connectivity index (χ3n) is 3.69. The van der Waals surface area contributed by atoms with Crippen LogP contribution in [0.25, 0.3) is 0 Å². The molecule has 0 unspecified atom stereocenters. The minimum atomic E-state index is 0.624. The summed E-state index contributed by atoms with van der Waals surface area (Å²) in [7, 11) is 5.07. The number of aryl methyl sites for hydroxylation is 2. The fraction of sp³-hybridized carbons (Fsp3) is 0.444. The molecule has 0 spiro atoms. The number of hydrogen-bond donors (Lipinski definition) is 2. The van der Waals surface area contributed by atoms with Gasteiger partial charge in [-0.25, -0.2) is 4.98 Å². The van der Waals surface area contributed by atoms with Crippen molar-refractivity contribution < 1.29 is 9.47 Å². The zero-order valence-electron chi connectivity index (χ0n) is 15.3. The molecular weight excluding hydrogens is 336 g/mol. The third-order valence-corrected chi connectivity index (χ3v) is 4.72. The van der Waals surface area contributed by atoms with Gasteiger partial charge < -0.3 is 20.1 Å². The van der Waals surface area contributed by atoms with Crippen LogP contribution in [0.1, 0.15) is 22.7 Å². The first-order chi connectivity index (χ1) is 12.2. The van der Waals surface area contributed by atoms with Crippen molar-refractivity contribution >= 4 is 17.3 Å². The quantitative estimate of drug-likeness (QED) is 0.429. The number of rotatable bonds is 8. The van der Waals surface area contributed by atoms with Crippen LogP contribution >= 0.6 is 11.3 Å². The lowest BCUT2D eigenvalue weighted by molar-refractivity contribution is 0.390. The average molecular weight is 362 g/mol. The Morgan fingerprint density at radius 1 is 1.24 bits per heavy atom. The Kier molecular flexibility index (Phi) is 7.53. The van der Waals surface area contributed by atoms with Crippen molar-refractivity contribution in [1.82, 2.24) is 15.6 Å². The first-order valence-electron chi connectivity index (χ1n) is 8.22. The highest BCUT2D eigenvalue weighted by atomic mass is 32.1. The Morgan fingerprint density at radius 3 is 2.72 bits per heavy atom. The molecule has 136 valence electrons. The summed E-state index contributed by atoms with van der Waals surface area (Å²) in [6, 6.07) is 5.79. The first-order valence-corrected chi connectivity index (χ1v) is 9.10.